The van der Waals surface area contributed by atoms with Crippen LogP contribution in [0.3, 0.4) is 0 Å². The van der Waals surface area contributed by atoms with Gasteiger partial charge in [0.2, 0.25) is 11.6 Å². The summed E-state index contributed by atoms with van der Waals surface area (Å²) in [6.45, 7) is 2.89. The third-order valence-electron chi connectivity index (χ3n) is 5.00. The molecule has 1 aromatic carbocycles. The molecule has 0 saturated heterocycles. The van der Waals surface area contributed by atoms with Crippen molar-refractivity contribution in [3.8, 4) is 17.0 Å². The van der Waals surface area contributed by atoms with E-state index < -0.39 is 5.63 Å². The number of aromatic nitrogens is 1. The molecule has 6 heteroatoms. The number of hydrogen-bond acceptors (Lipinski definition) is 6. The minimum Gasteiger partial charge on any atom is -0.478 e. The molecule has 0 amide bonds. The number of ether oxygens (including phenoxy) is 2. The first kappa shape index (κ1) is 22.5. The molecule has 0 fully saturated rings. The summed E-state index contributed by atoms with van der Waals surface area (Å²) in [6, 6.07) is 14.9. The van der Waals surface area contributed by atoms with Crippen LogP contribution >= 0.6 is 0 Å². The maximum atomic E-state index is 12.3. The summed E-state index contributed by atoms with van der Waals surface area (Å²) in [6.07, 6.45) is 6.65. The Hall–Kier alpha value is -3.15. The summed E-state index contributed by atoms with van der Waals surface area (Å²) in [7, 11) is 0. The Kier molecular flexibility index (Phi) is 8.64. The number of unbranched alkanes of at least 4 members (excludes halogenated alkanes) is 5. The van der Waals surface area contributed by atoms with Gasteiger partial charge in [-0.1, -0.05) is 62.9 Å². The number of hydrogen-bond donors (Lipinski definition) is 0. The van der Waals surface area contributed by atoms with E-state index in [-0.39, 0.29) is 11.7 Å². The third-order valence-corrected chi connectivity index (χ3v) is 5.00. The molecule has 0 aliphatic carbocycles. The second kappa shape index (κ2) is 11.9. The van der Waals surface area contributed by atoms with Gasteiger partial charge in [0.15, 0.2) is 0 Å². The van der Waals surface area contributed by atoms with Crippen molar-refractivity contribution in [2.24, 2.45) is 0 Å². The van der Waals surface area contributed by atoms with E-state index >= 15 is 0 Å². The molecule has 3 aromatic rings. The number of nitrogens with zero attached hydrogens (tertiary/aromatic N) is 1. The van der Waals surface area contributed by atoms with Gasteiger partial charge in [-0.15, -0.1) is 0 Å². The predicted octanol–water partition coefficient (Wildman–Crippen LogP) is 5.53. The van der Waals surface area contributed by atoms with Gasteiger partial charge in [-0.3, -0.25) is 4.79 Å². The molecular formula is C25H29NO5. The molecule has 0 saturated carbocycles. The highest BCUT2D eigenvalue weighted by Gasteiger charge is 2.09. The quantitative estimate of drug-likeness (QED) is 0.282. The molecule has 2 aromatic heterocycles. The van der Waals surface area contributed by atoms with Crippen LogP contribution in [-0.4, -0.2) is 24.2 Å². The fourth-order valence-corrected chi connectivity index (χ4v) is 3.26. The predicted molar refractivity (Wildman–Crippen MR) is 120 cm³/mol. The van der Waals surface area contributed by atoms with Crippen LogP contribution in [0.2, 0.25) is 0 Å². The van der Waals surface area contributed by atoms with Crippen LogP contribution in [0.15, 0.2) is 57.7 Å². The van der Waals surface area contributed by atoms with Crippen LogP contribution in [0, 0.1) is 0 Å². The van der Waals surface area contributed by atoms with Gasteiger partial charge < -0.3 is 13.9 Å². The highest BCUT2D eigenvalue weighted by atomic mass is 16.5. The van der Waals surface area contributed by atoms with Crippen LogP contribution in [0.5, 0.6) is 5.88 Å². The highest BCUT2D eigenvalue weighted by Crippen LogP contribution is 2.22. The molecule has 31 heavy (non-hydrogen) atoms. The van der Waals surface area contributed by atoms with Crippen LogP contribution in [0.25, 0.3) is 22.2 Å². The molecule has 2 heterocycles. The van der Waals surface area contributed by atoms with Gasteiger partial charge in [-0.25, -0.2) is 4.79 Å². The van der Waals surface area contributed by atoms with E-state index in [9.17, 15) is 9.59 Å². The standard InChI is InChI=1S/C25H29NO5/c1-2-23(27)30-17-11-6-4-3-5-10-16-29-22-15-14-20-18-21(19-12-8-7-9-13-19)25(28)31-24(20)26-22/h7-9,12-15,18H,2-6,10-11,16-17H2,1H3. The Labute approximate surface area is 182 Å². The molecule has 164 valence electrons. The van der Waals surface area contributed by atoms with Crippen LogP contribution < -0.4 is 10.4 Å². The van der Waals surface area contributed by atoms with E-state index in [1.165, 1.54) is 0 Å². The van der Waals surface area contributed by atoms with Crippen molar-refractivity contribution in [1.29, 1.82) is 0 Å². The van der Waals surface area contributed by atoms with Crippen molar-refractivity contribution in [3.05, 3.63) is 59.0 Å². The van der Waals surface area contributed by atoms with Crippen molar-refractivity contribution in [2.75, 3.05) is 13.2 Å². The Morgan fingerprint density at radius 2 is 1.65 bits per heavy atom. The Bertz CT molecular complexity index is 1030. The second-order valence-corrected chi connectivity index (χ2v) is 7.40. The molecule has 0 bridgehead atoms. The normalized spacial score (nSPS) is 10.9. The largest absolute Gasteiger partial charge is 0.478 e. The zero-order valence-electron chi connectivity index (χ0n) is 18.0. The summed E-state index contributed by atoms with van der Waals surface area (Å²) in [5.41, 5.74) is 1.21. The summed E-state index contributed by atoms with van der Waals surface area (Å²) < 4.78 is 16.2. The first-order valence-corrected chi connectivity index (χ1v) is 11.0. The van der Waals surface area contributed by atoms with E-state index in [1.807, 2.05) is 36.4 Å². The van der Waals surface area contributed by atoms with E-state index in [4.69, 9.17) is 13.9 Å². The summed E-state index contributed by atoms with van der Waals surface area (Å²) >= 11 is 0. The maximum Gasteiger partial charge on any atom is 0.345 e. The number of rotatable bonds is 12. The number of pyridine rings is 1. The number of carbonyl (C=O) groups is 1. The molecule has 0 radical (unpaired) electrons. The number of benzene rings is 1. The lowest BCUT2D eigenvalue weighted by molar-refractivity contribution is -0.143. The van der Waals surface area contributed by atoms with Gasteiger partial charge in [0, 0.05) is 17.9 Å². The van der Waals surface area contributed by atoms with Gasteiger partial charge in [-0.05, 0) is 30.5 Å². The summed E-state index contributed by atoms with van der Waals surface area (Å²) in [4.78, 5) is 27.7. The lowest BCUT2D eigenvalue weighted by Gasteiger charge is -2.07. The average molecular weight is 424 g/mol. The molecule has 0 aliphatic rings. The fraction of sp³-hybridized carbons (Fsp3) is 0.400. The molecule has 6 nitrogen and oxygen atoms in total. The van der Waals surface area contributed by atoms with Gasteiger partial charge in [-0.2, -0.15) is 4.98 Å². The molecule has 3 rings (SSSR count). The summed E-state index contributed by atoms with van der Waals surface area (Å²) in [5, 5.41) is 0.760. The van der Waals surface area contributed by atoms with E-state index in [2.05, 4.69) is 4.98 Å². The van der Waals surface area contributed by atoms with Crippen molar-refractivity contribution < 1.29 is 18.7 Å². The Morgan fingerprint density at radius 3 is 2.39 bits per heavy atom. The zero-order valence-corrected chi connectivity index (χ0v) is 18.0. The molecule has 0 unspecified atom stereocenters. The van der Waals surface area contributed by atoms with Gasteiger partial charge in [0.1, 0.15) is 0 Å². The molecule has 0 aliphatic heterocycles. The Balaban J connectivity index is 1.40. The van der Waals surface area contributed by atoms with Crippen molar-refractivity contribution in [2.45, 2.75) is 51.9 Å². The fourth-order valence-electron chi connectivity index (χ4n) is 3.26. The van der Waals surface area contributed by atoms with Crippen LogP contribution in [-0.2, 0) is 9.53 Å². The van der Waals surface area contributed by atoms with Crippen molar-refractivity contribution in [3.63, 3.8) is 0 Å². The number of fused-ring (bicyclic) bond motifs is 1. The van der Waals surface area contributed by atoms with Crippen LogP contribution in [0.1, 0.15) is 51.9 Å². The SMILES string of the molecule is CCC(=O)OCCCCCCCCOc1ccc2cc(-c3ccccc3)c(=O)oc2n1. The molecule has 0 atom stereocenters. The zero-order chi connectivity index (χ0) is 21.9. The first-order chi connectivity index (χ1) is 15.2. The number of esters is 1. The minimum absolute atomic E-state index is 0.129. The van der Waals surface area contributed by atoms with E-state index in [0.29, 0.717) is 31.1 Å². The van der Waals surface area contributed by atoms with E-state index in [0.717, 1.165) is 49.5 Å². The molecular weight excluding hydrogens is 394 g/mol. The summed E-state index contributed by atoms with van der Waals surface area (Å²) in [5.74, 6) is 0.330. The topological polar surface area (TPSA) is 78.6 Å². The maximum absolute atomic E-state index is 12.3. The molecule has 0 N–H and O–H groups in total. The van der Waals surface area contributed by atoms with Crippen LogP contribution in [0.4, 0.5) is 0 Å². The van der Waals surface area contributed by atoms with Crippen molar-refractivity contribution in [1.82, 2.24) is 4.98 Å². The first-order valence-electron chi connectivity index (χ1n) is 11.0. The lowest BCUT2D eigenvalue weighted by Crippen LogP contribution is -2.04. The smallest absolute Gasteiger partial charge is 0.345 e. The Morgan fingerprint density at radius 1 is 0.935 bits per heavy atom. The minimum atomic E-state index is -0.409. The van der Waals surface area contributed by atoms with Crippen molar-refractivity contribution >= 4 is 17.1 Å². The van der Waals surface area contributed by atoms with E-state index in [1.54, 1.807) is 19.1 Å². The third kappa shape index (κ3) is 6.95. The van der Waals surface area contributed by atoms with Gasteiger partial charge >= 0.3 is 11.6 Å². The molecule has 0 spiro atoms. The number of carbonyl (C=O) groups excluding carboxylic acids is 1. The monoisotopic (exact) mass is 423 g/mol. The highest BCUT2D eigenvalue weighted by molar-refractivity contribution is 5.79. The average Bonchev–Trinajstić information content (AvgIpc) is 2.80. The lowest BCUT2D eigenvalue weighted by atomic mass is 10.1. The van der Waals surface area contributed by atoms with Gasteiger partial charge in [0.05, 0.1) is 18.8 Å². The second-order valence-electron chi connectivity index (χ2n) is 7.40. The van der Waals surface area contributed by atoms with Gasteiger partial charge in [0.25, 0.3) is 0 Å².